The fourth-order valence-corrected chi connectivity index (χ4v) is 2.93. The third kappa shape index (κ3) is 3.35. The van der Waals surface area contributed by atoms with Crippen molar-refractivity contribution in [1.29, 1.82) is 0 Å². The number of nitrogens with zero attached hydrogens (tertiary/aromatic N) is 2. The van der Waals surface area contributed by atoms with Gasteiger partial charge < -0.3 is 16.2 Å². The van der Waals surface area contributed by atoms with E-state index in [4.69, 9.17) is 5.73 Å². The molecule has 0 amide bonds. The molecule has 2 rings (SSSR count). The molecule has 0 saturated heterocycles. The van der Waals surface area contributed by atoms with Gasteiger partial charge in [-0.2, -0.15) is 0 Å². The van der Waals surface area contributed by atoms with E-state index < -0.39 is 0 Å². The minimum absolute atomic E-state index is 0.292. The van der Waals surface area contributed by atoms with Gasteiger partial charge in [0.15, 0.2) is 0 Å². The molecule has 4 N–H and O–H groups in total. The lowest BCUT2D eigenvalue weighted by Gasteiger charge is -2.19. The van der Waals surface area contributed by atoms with E-state index in [1.54, 1.807) is 0 Å². The molecule has 1 aliphatic carbocycles. The van der Waals surface area contributed by atoms with Gasteiger partial charge in [0.1, 0.15) is 18.0 Å². The summed E-state index contributed by atoms with van der Waals surface area (Å²) >= 11 is 0. The molecule has 1 saturated carbocycles. The van der Waals surface area contributed by atoms with Gasteiger partial charge in [-0.1, -0.05) is 19.8 Å². The maximum atomic E-state index is 9.34. The Morgan fingerprint density at radius 3 is 2.89 bits per heavy atom. The van der Waals surface area contributed by atoms with Gasteiger partial charge in [0, 0.05) is 18.7 Å². The molecule has 1 aromatic rings. The largest absolute Gasteiger partial charge is 0.396 e. The van der Waals surface area contributed by atoms with Crippen molar-refractivity contribution in [2.45, 2.75) is 39.0 Å². The average molecular weight is 264 g/mol. The van der Waals surface area contributed by atoms with Gasteiger partial charge in [-0.15, -0.1) is 0 Å². The van der Waals surface area contributed by atoms with E-state index in [1.807, 2.05) is 0 Å². The van der Waals surface area contributed by atoms with E-state index >= 15 is 0 Å². The highest BCUT2D eigenvalue weighted by Gasteiger charge is 2.26. The first kappa shape index (κ1) is 14.1. The standard InChI is InChI=1S/C14H24N4O/c1-2-4-12-13(15)17-9-18-14(12)16-7-10-5-3-6-11(10)8-19/h9-11,19H,2-8H2,1H3,(H3,15,16,17,18). The summed E-state index contributed by atoms with van der Waals surface area (Å²) in [4.78, 5) is 8.36. The van der Waals surface area contributed by atoms with Crippen molar-refractivity contribution in [3.8, 4) is 0 Å². The first-order valence-corrected chi connectivity index (χ1v) is 7.20. The second kappa shape index (κ2) is 6.70. The quantitative estimate of drug-likeness (QED) is 0.730. The van der Waals surface area contributed by atoms with Crippen LogP contribution in [0.15, 0.2) is 6.33 Å². The lowest BCUT2D eigenvalue weighted by molar-refractivity contribution is 0.199. The molecule has 1 fully saturated rings. The molecule has 1 aromatic heterocycles. The molecule has 0 radical (unpaired) electrons. The summed E-state index contributed by atoms with van der Waals surface area (Å²) in [6, 6.07) is 0. The van der Waals surface area contributed by atoms with Crippen LogP contribution in [0.4, 0.5) is 11.6 Å². The van der Waals surface area contributed by atoms with E-state index in [2.05, 4.69) is 22.2 Å². The van der Waals surface area contributed by atoms with Crippen LogP contribution in [0.5, 0.6) is 0 Å². The number of anilines is 2. The lowest BCUT2D eigenvalue weighted by atomic mass is 9.97. The highest BCUT2D eigenvalue weighted by atomic mass is 16.3. The summed E-state index contributed by atoms with van der Waals surface area (Å²) < 4.78 is 0. The zero-order valence-corrected chi connectivity index (χ0v) is 11.6. The highest BCUT2D eigenvalue weighted by molar-refractivity contribution is 5.55. The zero-order chi connectivity index (χ0) is 13.7. The Kier molecular flexibility index (Phi) is 4.96. The van der Waals surface area contributed by atoms with Gasteiger partial charge in [-0.3, -0.25) is 0 Å². The summed E-state index contributed by atoms with van der Waals surface area (Å²) in [5.74, 6) is 2.40. The summed E-state index contributed by atoms with van der Waals surface area (Å²) in [5, 5.41) is 12.7. The normalized spacial score (nSPS) is 22.6. The second-order valence-electron chi connectivity index (χ2n) is 5.35. The Hall–Kier alpha value is -1.36. The topological polar surface area (TPSA) is 84.1 Å². The van der Waals surface area contributed by atoms with Crippen LogP contribution in [0.25, 0.3) is 0 Å². The summed E-state index contributed by atoms with van der Waals surface area (Å²) in [5.41, 5.74) is 6.93. The average Bonchev–Trinajstić information content (AvgIpc) is 2.87. The Balaban J connectivity index is 2.01. The minimum Gasteiger partial charge on any atom is -0.396 e. The van der Waals surface area contributed by atoms with Crippen LogP contribution < -0.4 is 11.1 Å². The van der Waals surface area contributed by atoms with Gasteiger partial charge in [-0.05, 0) is 31.1 Å². The summed E-state index contributed by atoms with van der Waals surface area (Å²) in [7, 11) is 0. The van der Waals surface area contributed by atoms with Crippen molar-refractivity contribution in [2.24, 2.45) is 11.8 Å². The van der Waals surface area contributed by atoms with E-state index in [9.17, 15) is 5.11 Å². The molecule has 0 bridgehead atoms. The lowest BCUT2D eigenvalue weighted by Crippen LogP contribution is -2.22. The Morgan fingerprint density at radius 1 is 1.37 bits per heavy atom. The second-order valence-corrected chi connectivity index (χ2v) is 5.35. The molecule has 19 heavy (non-hydrogen) atoms. The number of aliphatic hydroxyl groups is 1. The number of rotatable bonds is 6. The fraction of sp³-hybridized carbons (Fsp3) is 0.714. The molecule has 5 nitrogen and oxygen atoms in total. The first-order valence-electron chi connectivity index (χ1n) is 7.20. The molecule has 5 heteroatoms. The zero-order valence-electron chi connectivity index (χ0n) is 11.6. The van der Waals surface area contributed by atoms with Gasteiger partial charge in [0.05, 0.1) is 0 Å². The minimum atomic E-state index is 0.292. The number of nitrogens with one attached hydrogen (secondary N) is 1. The summed E-state index contributed by atoms with van der Waals surface area (Å²) in [6.45, 7) is 3.27. The number of hydrogen-bond acceptors (Lipinski definition) is 5. The molecule has 2 unspecified atom stereocenters. The molecule has 1 heterocycles. The molecule has 2 atom stereocenters. The monoisotopic (exact) mass is 264 g/mol. The molecular formula is C14H24N4O. The van der Waals surface area contributed by atoms with E-state index in [1.165, 1.54) is 19.2 Å². The fourth-order valence-electron chi connectivity index (χ4n) is 2.93. The van der Waals surface area contributed by atoms with E-state index in [0.29, 0.717) is 24.3 Å². The Labute approximate surface area is 114 Å². The molecule has 0 aromatic carbocycles. The first-order chi connectivity index (χ1) is 9.26. The number of nitrogens with two attached hydrogens (primary N) is 1. The highest BCUT2D eigenvalue weighted by Crippen LogP contribution is 2.31. The van der Waals surface area contributed by atoms with Gasteiger partial charge >= 0.3 is 0 Å². The summed E-state index contributed by atoms with van der Waals surface area (Å²) in [6.07, 6.45) is 6.96. The molecule has 1 aliphatic rings. The maximum absolute atomic E-state index is 9.34. The van der Waals surface area contributed by atoms with Gasteiger partial charge in [-0.25, -0.2) is 9.97 Å². The van der Waals surface area contributed by atoms with Gasteiger partial charge in [0.2, 0.25) is 0 Å². The molecule has 106 valence electrons. The smallest absolute Gasteiger partial charge is 0.134 e. The van der Waals surface area contributed by atoms with E-state index in [0.717, 1.165) is 37.2 Å². The van der Waals surface area contributed by atoms with Crippen molar-refractivity contribution < 1.29 is 5.11 Å². The van der Waals surface area contributed by atoms with Gasteiger partial charge in [0.25, 0.3) is 0 Å². The number of hydrogen-bond donors (Lipinski definition) is 3. The maximum Gasteiger partial charge on any atom is 0.134 e. The Morgan fingerprint density at radius 2 is 2.16 bits per heavy atom. The number of nitrogen functional groups attached to an aromatic ring is 1. The van der Waals surface area contributed by atoms with Crippen molar-refractivity contribution in [3.63, 3.8) is 0 Å². The third-order valence-electron chi connectivity index (χ3n) is 4.06. The predicted molar refractivity (Wildman–Crippen MR) is 76.8 cm³/mol. The molecular weight excluding hydrogens is 240 g/mol. The number of aliphatic hydroxyl groups excluding tert-OH is 1. The van der Waals surface area contributed by atoms with Crippen LogP contribution in [0.1, 0.15) is 38.2 Å². The molecule has 0 spiro atoms. The van der Waals surface area contributed by atoms with Crippen molar-refractivity contribution in [3.05, 3.63) is 11.9 Å². The van der Waals surface area contributed by atoms with Crippen LogP contribution in [0.2, 0.25) is 0 Å². The van der Waals surface area contributed by atoms with Crippen LogP contribution in [-0.2, 0) is 6.42 Å². The van der Waals surface area contributed by atoms with Crippen LogP contribution >= 0.6 is 0 Å². The SMILES string of the molecule is CCCc1c(N)ncnc1NCC1CCCC1CO. The predicted octanol–water partition coefficient (Wildman–Crippen LogP) is 1.83. The third-order valence-corrected chi connectivity index (χ3v) is 4.06. The van der Waals surface area contributed by atoms with Crippen LogP contribution in [0, 0.1) is 11.8 Å². The van der Waals surface area contributed by atoms with Crippen LogP contribution in [0.3, 0.4) is 0 Å². The van der Waals surface area contributed by atoms with Crippen LogP contribution in [-0.4, -0.2) is 28.2 Å². The van der Waals surface area contributed by atoms with Crippen molar-refractivity contribution in [2.75, 3.05) is 24.2 Å². The van der Waals surface area contributed by atoms with Crippen molar-refractivity contribution >= 4 is 11.6 Å². The molecule has 0 aliphatic heterocycles. The van der Waals surface area contributed by atoms with Crippen molar-refractivity contribution in [1.82, 2.24) is 9.97 Å². The Bertz CT molecular complexity index is 410. The number of aromatic nitrogens is 2. The van der Waals surface area contributed by atoms with E-state index in [-0.39, 0.29) is 0 Å².